The number of likely N-dealkylation sites (tertiary alicyclic amines) is 1. The van der Waals surface area contributed by atoms with Crippen molar-refractivity contribution >= 4 is 35.9 Å². The summed E-state index contributed by atoms with van der Waals surface area (Å²) in [4.78, 5) is 19.0. The Labute approximate surface area is 173 Å². The van der Waals surface area contributed by atoms with Crippen molar-refractivity contribution in [2.45, 2.75) is 39.5 Å². The molecule has 7 nitrogen and oxygen atoms in total. The number of aliphatic imine (C=N–C) groups is 1. The molecule has 1 unspecified atom stereocenters. The minimum absolute atomic E-state index is 0. The lowest BCUT2D eigenvalue weighted by atomic mass is 9.98. The molecule has 1 aromatic heterocycles. The molecule has 0 amide bonds. The molecule has 0 aliphatic carbocycles. The van der Waals surface area contributed by atoms with Gasteiger partial charge in [-0.3, -0.25) is 14.5 Å². The molecule has 1 aliphatic heterocycles. The van der Waals surface area contributed by atoms with E-state index in [-0.39, 0.29) is 35.9 Å². The van der Waals surface area contributed by atoms with Gasteiger partial charge in [0.1, 0.15) is 0 Å². The van der Waals surface area contributed by atoms with Crippen LogP contribution in [0.15, 0.2) is 17.4 Å². The number of hydrogen-bond acceptors (Lipinski definition) is 4. The number of ether oxygens (including phenoxy) is 1. The summed E-state index contributed by atoms with van der Waals surface area (Å²) in [6.07, 6.45) is 7.80. The summed E-state index contributed by atoms with van der Waals surface area (Å²) in [5.74, 6) is 0.773. The second kappa shape index (κ2) is 12.1. The minimum Gasteiger partial charge on any atom is -0.466 e. The Bertz CT molecular complexity index is 576. The summed E-state index contributed by atoms with van der Waals surface area (Å²) < 4.78 is 7.01. The van der Waals surface area contributed by atoms with Crippen molar-refractivity contribution < 1.29 is 9.53 Å². The number of hydrogen-bond donors (Lipinski definition) is 1. The summed E-state index contributed by atoms with van der Waals surface area (Å²) in [6.45, 7) is 7.57. The van der Waals surface area contributed by atoms with E-state index in [1.54, 1.807) is 0 Å². The first-order valence-corrected chi connectivity index (χ1v) is 9.31. The molecule has 2 rings (SSSR count). The molecule has 0 aromatic carbocycles. The zero-order valence-corrected chi connectivity index (χ0v) is 18.4. The fourth-order valence-electron chi connectivity index (χ4n) is 3.12. The quantitative estimate of drug-likeness (QED) is 0.215. The van der Waals surface area contributed by atoms with Crippen LogP contribution in [0.4, 0.5) is 0 Å². The number of halogens is 1. The highest BCUT2D eigenvalue weighted by atomic mass is 127. The number of aromatic nitrogens is 2. The van der Waals surface area contributed by atoms with Gasteiger partial charge in [0.15, 0.2) is 5.96 Å². The van der Waals surface area contributed by atoms with Crippen LogP contribution in [0.3, 0.4) is 0 Å². The number of carbonyl (C=O) groups excluding carboxylic acids is 1. The first-order chi connectivity index (χ1) is 12.1. The highest BCUT2D eigenvalue weighted by Crippen LogP contribution is 2.18. The van der Waals surface area contributed by atoms with Crippen molar-refractivity contribution in [3.8, 4) is 0 Å². The van der Waals surface area contributed by atoms with Gasteiger partial charge in [0.05, 0.1) is 18.7 Å². The lowest BCUT2D eigenvalue weighted by Crippen LogP contribution is -2.48. The highest BCUT2D eigenvalue weighted by molar-refractivity contribution is 14.0. The number of nitrogens with one attached hydrogen (secondary N) is 1. The Hall–Kier alpha value is -1.32. The summed E-state index contributed by atoms with van der Waals surface area (Å²) in [7, 11) is 1.93. The Morgan fingerprint density at radius 3 is 2.92 bits per heavy atom. The van der Waals surface area contributed by atoms with E-state index in [9.17, 15) is 4.79 Å². The molecule has 0 radical (unpaired) electrons. The van der Waals surface area contributed by atoms with Crippen molar-refractivity contribution in [1.29, 1.82) is 0 Å². The maximum atomic E-state index is 12.0. The first-order valence-electron chi connectivity index (χ1n) is 9.31. The molecule has 1 N–H and O–H groups in total. The SMILES string of the molecule is CCNC(=NCCCc1cnn(C)c1)N1CCCC(C(=O)OCC)C1.I. The van der Waals surface area contributed by atoms with Gasteiger partial charge in [-0.05, 0) is 45.1 Å². The summed E-state index contributed by atoms with van der Waals surface area (Å²) in [5, 5.41) is 7.54. The number of guanidine groups is 1. The van der Waals surface area contributed by atoms with Gasteiger partial charge in [0, 0.05) is 39.4 Å². The number of carbonyl (C=O) groups is 1. The Morgan fingerprint density at radius 2 is 2.27 bits per heavy atom. The van der Waals surface area contributed by atoms with Crippen LogP contribution in [0.25, 0.3) is 0 Å². The molecule has 1 fully saturated rings. The third-order valence-electron chi connectivity index (χ3n) is 4.32. The fourth-order valence-corrected chi connectivity index (χ4v) is 3.12. The fraction of sp³-hybridized carbons (Fsp3) is 0.722. The number of piperidine rings is 1. The summed E-state index contributed by atoms with van der Waals surface area (Å²) >= 11 is 0. The molecular weight excluding hydrogens is 445 g/mol. The van der Waals surface area contributed by atoms with Gasteiger partial charge in [-0.25, -0.2) is 0 Å². The molecular formula is C18H32IN5O2. The van der Waals surface area contributed by atoms with E-state index in [2.05, 4.69) is 22.2 Å². The van der Waals surface area contributed by atoms with Gasteiger partial charge >= 0.3 is 5.97 Å². The number of esters is 1. The van der Waals surface area contributed by atoms with Gasteiger partial charge in [-0.1, -0.05) is 0 Å². The average Bonchev–Trinajstić information content (AvgIpc) is 3.03. The van der Waals surface area contributed by atoms with Crippen molar-refractivity contribution in [2.75, 3.05) is 32.8 Å². The van der Waals surface area contributed by atoms with Crippen LogP contribution >= 0.6 is 24.0 Å². The number of nitrogens with zero attached hydrogens (tertiary/aromatic N) is 4. The second-order valence-electron chi connectivity index (χ2n) is 6.40. The second-order valence-corrected chi connectivity index (χ2v) is 6.40. The van der Waals surface area contributed by atoms with Crippen molar-refractivity contribution in [1.82, 2.24) is 20.0 Å². The molecule has 148 valence electrons. The standard InChI is InChI=1S/C18H31N5O2.HI/c1-4-19-18(20-10-6-8-15-12-21-22(3)13-15)23-11-7-9-16(14-23)17(24)25-5-2;/h12-13,16H,4-11,14H2,1-3H3,(H,19,20);1H. The molecule has 1 atom stereocenters. The molecule has 1 aliphatic rings. The molecule has 0 bridgehead atoms. The van der Waals surface area contributed by atoms with Crippen LogP contribution in [-0.4, -0.2) is 59.4 Å². The minimum atomic E-state index is -0.0837. The Balaban J connectivity index is 0.00000338. The van der Waals surface area contributed by atoms with Gasteiger partial charge in [0.2, 0.25) is 0 Å². The van der Waals surface area contributed by atoms with Crippen LogP contribution < -0.4 is 5.32 Å². The van der Waals surface area contributed by atoms with Gasteiger partial charge < -0.3 is 15.0 Å². The van der Waals surface area contributed by atoms with Gasteiger partial charge in [-0.15, -0.1) is 24.0 Å². The van der Waals surface area contributed by atoms with Crippen molar-refractivity contribution in [2.24, 2.45) is 18.0 Å². The summed E-state index contributed by atoms with van der Waals surface area (Å²) in [6, 6.07) is 0. The van der Waals surface area contributed by atoms with Crippen LogP contribution in [0, 0.1) is 5.92 Å². The summed E-state index contributed by atoms with van der Waals surface area (Å²) in [5.41, 5.74) is 1.24. The molecule has 0 spiro atoms. The van der Waals surface area contributed by atoms with E-state index in [4.69, 9.17) is 9.73 Å². The third kappa shape index (κ3) is 7.13. The third-order valence-corrected chi connectivity index (χ3v) is 4.32. The lowest BCUT2D eigenvalue weighted by molar-refractivity contribution is -0.149. The topological polar surface area (TPSA) is 71.8 Å². The smallest absolute Gasteiger partial charge is 0.310 e. The van der Waals surface area contributed by atoms with Crippen molar-refractivity contribution in [3.05, 3.63) is 18.0 Å². The predicted molar refractivity (Wildman–Crippen MR) is 114 cm³/mol. The van der Waals surface area contributed by atoms with Crippen LogP contribution in [0.1, 0.15) is 38.7 Å². The maximum absolute atomic E-state index is 12.0. The van der Waals surface area contributed by atoms with Crippen LogP contribution in [0.5, 0.6) is 0 Å². The molecule has 8 heteroatoms. The Morgan fingerprint density at radius 1 is 1.46 bits per heavy atom. The zero-order chi connectivity index (χ0) is 18.1. The lowest BCUT2D eigenvalue weighted by Gasteiger charge is -2.34. The molecule has 1 saturated heterocycles. The van der Waals surface area contributed by atoms with Gasteiger partial charge in [-0.2, -0.15) is 5.10 Å². The van der Waals surface area contributed by atoms with E-state index in [1.165, 1.54) is 5.56 Å². The van der Waals surface area contributed by atoms with Gasteiger partial charge in [0.25, 0.3) is 0 Å². The van der Waals surface area contributed by atoms with Crippen LogP contribution in [-0.2, 0) is 23.0 Å². The number of aryl methyl sites for hydroxylation is 2. The van der Waals surface area contributed by atoms with Crippen LogP contribution in [0.2, 0.25) is 0 Å². The predicted octanol–water partition coefficient (Wildman–Crippen LogP) is 2.21. The maximum Gasteiger partial charge on any atom is 0.310 e. The monoisotopic (exact) mass is 477 g/mol. The molecule has 2 heterocycles. The normalized spacial score (nSPS) is 17.6. The van der Waals surface area contributed by atoms with Crippen molar-refractivity contribution in [3.63, 3.8) is 0 Å². The average molecular weight is 477 g/mol. The Kier molecular flexibility index (Phi) is 10.6. The largest absolute Gasteiger partial charge is 0.466 e. The van der Waals surface area contributed by atoms with E-state index in [1.807, 2.05) is 31.0 Å². The van der Waals surface area contributed by atoms with E-state index in [0.29, 0.717) is 13.2 Å². The van der Waals surface area contributed by atoms with E-state index < -0.39 is 0 Å². The first kappa shape index (κ1) is 22.7. The molecule has 0 saturated carbocycles. The number of rotatable bonds is 7. The zero-order valence-electron chi connectivity index (χ0n) is 16.1. The molecule has 26 heavy (non-hydrogen) atoms. The highest BCUT2D eigenvalue weighted by Gasteiger charge is 2.28. The van der Waals surface area contributed by atoms with E-state index in [0.717, 1.165) is 51.3 Å². The molecule has 1 aromatic rings. The van der Waals surface area contributed by atoms with E-state index >= 15 is 0 Å².